The first kappa shape index (κ1) is 17.6. The highest BCUT2D eigenvalue weighted by atomic mass is 19.1. The largest absolute Gasteiger partial charge is 0.299 e. The van der Waals surface area contributed by atoms with Gasteiger partial charge in [-0.25, -0.2) is 9.07 Å². The fraction of sp³-hybridized carbons (Fsp3) is 0.0455. The summed E-state index contributed by atoms with van der Waals surface area (Å²) < 4.78 is 15.7. The van der Waals surface area contributed by atoms with Gasteiger partial charge in [-0.05, 0) is 29.8 Å². The molecule has 0 aliphatic rings. The van der Waals surface area contributed by atoms with E-state index in [0.29, 0.717) is 17.9 Å². The van der Waals surface area contributed by atoms with Crippen molar-refractivity contribution in [3.8, 4) is 16.9 Å². The first-order chi connectivity index (χ1) is 13.7. The fourth-order valence-corrected chi connectivity index (χ4v) is 2.90. The van der Waals surface area contributed by atoms with Crippen molar-refractivity contribution in [3.63, 3.8) is 0 Å². The van der Waals surface area contributed by atoms with Crippen molar-refractivity contribution in [3.05, 3.63) is 107 Å². The van der Waals surface area contributed by atoms with E-state index in [2.05, 4.69) is 15.3 Å². The van der Waals surface area contributed by atoms with Gasteiger partial charge < -0.3 is 0 Å². The minimum atomic E-state index is -0.441. The summed E-state index contributed by atoms with van der Waals surface area (Å²) in [5.41, 5.74) is 1.85. The van der Waals surface area contributed by atoms with Gasteiger partial charge in [-0.1, -0.05) is 60.7 Å². The lowest BCUT2D eigenvalue weighted by atomic mass is 10.1. The lowest BCUT2D eigenvalue weighted by Gasteiger charge is -2.02. The molecule has 0 bridgehead atoms. The second-order valence-corrected chi connectivity index (χ2v) is 6.18. The van der Waals surface area contributed by atoms with E-state index < -0.39 is 5.82 Å². The first-order valence-corrected chi connectivity index (χ1v) is 8.81. The van der Waals surface area contributed by atoms with Gasteiger partial charge in [0.25, 0.3) is 5.56 Å². The zero-order chi connectivity index (χ0) is 19.3. The second-order valence-electron chi connectivity index (χ2n) is 6.18. The van der Waals surface area contributed by atoms with Crippen LogP contribution in [-0.4, -0.2) is 9.78 Å². The Kier molecular flexibility index (Phi) is 4.93. The van der Waals surface area contributed by atoms with Gasteiger partial charge in [-0.3, -0.25) is 9.89 Å². The molecular formula is C22H17FN4O. The van der Waals surface area contributed by atoms with E-state index in [4.69, 9.17) is 0 Å². The number of para-hydroxylation sites is 1. The standard InChI is InChI=1S/C22H17FN4O/c23-19-14-8-7-13-18(19)20-21(25-24-15-16-9-3-1-4-10-16)22(28)27(26-20)17-11-5-2-6-12-17/h1-14,26H,15H2. The van der Waals surface area contributed by atoms with Gasteiger partial charge in [0.15, 0.2) is 5.69 Å². The molecule has 0 aliphatic carbocycles. The van der Waals surface area contributed by atoms with Gasteiger partial charge in [0, 0.05) is 5.56 Å². The number of rotatable bonds is 5. The lowest BCUT2D eigenvalue weighted by Crippen LogP contribution is -2.13. The number of aromatic amines is 1. The topological polar surface area (TPSA) is 62.5 Å². The molecular weight excluding hydrogens is 355 g/mol. The van der Waals surface area contributed by atoms with Crippen molar-refractivity contribution in [2.24, 2.45) is 10.2 Å². The smallest absolute Gasteiger partial charge is 0.288 e. The minimum absolute atomic E-state index is 0.0740. The third-order valence-electron chi connectivity index (χ3n) is 4.29. The Morgan fingerprint density at radius 1 is 0.857 bits per heavy atom. The van der Waals surface area contributed by atoms with Gasteiger partial charge in [0.1, 0.15) is 5.82 Å². The zero-order valence-corrected chi connectivity index (χ0v) is 14.9. The van der Waals surface area contributed by atoms with E-state index in [1.807, 2.05) is 48.5 Å². The van der Waals surface area contributed by atoms with E-state index in [1.54, 1.807) is 30.3 Å². The normalized spacial score (nSPS) is 11.2. The van der Waals surface area contributed by atoms with Gasteiger partial charge in [0.05, 0.1) is 17.9 Å². The number of hydrogen-bond donors (Lipinski definition) is 1. The number of benzene rings is 3. The molecule has 28 heavy (non-hydrogen) atoms. The number of H-pyrrole nitrogens is 1. The molecule has 0 aliphatic heterocycles. The summed E-state index contributed by atoms with van der Waals surface area (Å²) in [6.07, 6.45) is 0. The van der Waals surface area contributed by atoms with Gasteiger partial charge in [-0.15, -0.1) is 5.11 Å². The van der Waals surface area contributed by atoms with Gasteiger partial charge >= 0.3 is 0 Å². The van der Waals surface area contributed by atoms with Crippen LogP contribution in [0.4, 0.5) is 10.1 Å². The van der Waals surface area contributed by atoms with Crippen LogP contribution in [0, 0.1) is 5.82 Å². The second kappa shape index (κ2) is 7.84. The zero-order valence-electron chi connectivity index (χ0n) is 14.9. The summed E-state index contributed by atoms with van der Waals surface area (Å²) in [4.78, 5) is 13.0. The average Bonchev–Trinajstić information content (AvgIpc) is 3.06. The molecule has 0 unspecified atom stereocenters. The Bertz CT molecular complexity index is 1160. The maximum Gasteiger partial charge on any atom is 0.299 e. The Labute approximate surface area is 160 Å². The predicted octanol–water partition coefficient (Wildman–Crippen LogP) is 5.26. The Morgan fingerprint density at radius 3 is 2.21 bits per heavy atom. The minimum Gasteiger partial charge on any atom is -0.288 e. The molecule has 1 aromatic heterocycles. The molecule has 138 valence electrons. The third kappa shape index (κ3) is 3.53. The monoisotopic (exact) mass is 372 g/mol. The number of halogens is 1. The molecule has 3 aromatic carbocycles. The highest BCUT2D eigenvalue weighted by molar-refractivity contribution is 5.72. The fourth-order valence-electron chi connectivity index (χ4n) is 2.90. The van der Waals surface area contributed by atoms with Crippen LogP contribution in [0.15, 0.2) is 100.0 Å². The van der Waals surface area contributed by atoms with Crippen LogP contribution in [0.1, 0.15) is 5.56 Å². The van der Waals surface area contributed by atoms with Crippen LogP contribution < -0.4 is 5.56 Å². The highest BCUT2D eigenvalue weighted by Crippen LogP contribution is 2.29. The molecule has 0 atom stereocenters. The molecule has 1 heterocycles. The third-order valence-corrected chi connectivity index (χ3v) is 4.29. The van der Waals surface area contributed by atoms with Gasteiger partial charge in [-0.2, -0.15) is 5.11 Å². The maximum absolute atomic E-state index is 14.4. The lowest BCUT2D eigenvalue weighted by molar-refractivity contribution is 0.630. The number of aromatic nitrogens is 2. The molecule has 5 nitrogen and oxygen atoms in total. The molecule has 0 saturated heterocycles. The predicted molar refractivity (Wildman–Crippen MR) is 106 cm³/mol. The van der Waals surface area contributed by atoms with Crippen molar-refractivity contribution < 1.29 is 4.39 Å². The number of nitrogens with one attached hydrogen (secondary N) is 1. The molecule has 0 saturated carbocycles. The van der Waals surface area contributed by atoms with Crippen molar-refractivity contribution in [2.45, 2.75) is 6.54 Å². The summed E-state index contributed by atoms with van der Waals surface area (Å²) in [6.45, 7) is 0.327. The van der Waals surface area contributed by atoms with Crippen LogP contribution in [0.5, 0.6) is 0 Å². The Morgan fingerprint density at radius 2 is 1.50 bits per heavy atom. The highest BCUT2D eigenvalue weighted by Gasteiger charge is 2.19. The summed E-state index contributed by atoms with van der Waals surface area (Å²) in [5, 5.41) is 11.3. The Hall–Kier alpha value is -3.80. The molecule has 0 radical (unpaired) electrons. The molecule has 0 fully saturated rings. The molecule has 1 N–H and O–H groups in total. The van der Waals surface area contributed by atoms with Gasteiger partial charge in [0.2, 0.25) is 0 Å². The molecule has 4 rings (SSSR count). The molecule has 6 heteroatoms. The van der Waals surface area contributed by atoms with E-state index in [1.165, 1.54) is 10.7 Å². The number of nitrogens with zero attached hydrogens (tertiary/aromatic N) is 3. The van der Waals surface area contributed by atoms with Crippen molar-refractivity contribution in [2.75, 3.05) is 0 Å². The summed E-state index contributed by atoms with van der Waals surface area (Å²) in [7, 11) is 0. The number of azo groups is 1. The molecule has 0 spiro atoms. The van der Waals surface area contributed by atoms with E-state index in [0.717, 1.165) is 5.56 Å². The van der Waals surface area contributed by atoms with Crippen LogP contribution in [0.3, 0.4) is 0 Å². The molecule has 4 aromatic rings. The summed E-state index contributed by atoms with van der Waals surface area (Å²) in [6, 6.07) is 24.9. The van der Waals surface area contributed by atoms with Crippen LogP contribution in [-0.2, 0) is 6.54 Å². The average molecular weight is 372 g/mol. The summed E-state index contributed by atoms with van der Waals surface area (Å²) in [5.74, 6) is -0.441. The van der Waals surface area contributed by atoms with Crippen molar-refractivity contribution in [1.29, 1.82) is 0 Å². The number of hydrogen-bond acceptors (Lipinski definition) is 3. The van der Waals surface area contributed by atoms with Crippen LogP contribution in [0.25, 0.3) is 16.9 Å². The van der Waals surface area contributed by atoms with E-state index >= 15 is 0 Å². The SMILES string of the molecule is O=c1c(N=NCc2ccccc2)c(-c2ccccc2F)[nH]n1-c1ccccc1. The maximum atomic E-state index is 14.4. The van der Waals surface area contributed by atoms with Crippen LogP contribution >= 0.6 is 0 Å². The molecule has 0 amide bonds. The van der Waals surface area contributed by atoms with E-state index in [9.17, 15) is 9.18 Å². The van der Waals surface area contributed by atoms with Crippen molar-refractivity contribution in [1.82, 2.24) is 9.78 Å². The first-order valence-electron chi connectivity index (χ1n) is 8.81. The van der Waals surface area contributed by atoms with E-state index in [-0.39, 0.29) is 16.8 Å². The van der Waals surface area contributed by atoms with Crippen molar-refractivity contribution >= 4 is 5.69 Å². The van der Waals surface area contributed by atoms with Crippen LogP contribution in [0.2, 0.25) is 0 Å². The Balaban J connectivity index is 1.80. The quantitative estimate of drug-likeness (QED) is 0.478. The summed E-state index contributed by atoms with van der Waals surface area (Å²) >= 11 is 0.